The van der Waals surface area contributed by atoms with Gasteiger partial charge in [-0.1, -0.05) is 23.8 Å². The number of carbonyl (C=O) groups is 2. The van der Waals surface area contributed by atoms with E-state index in [4.69, 9.17) is 0 Å². The predicted octanol–water partition coefficient (Wildman–Crippen LogP) is 1.96. The zero-order chi connectivity index (χ0) is 20.2. The Balaban J connectivity index is 2.08. The highest BCUT2D eigenvalue weighted by atomic mass is 32.2. The quantitative estimate of drug-likeness (QED) is 0.818. The van der Waals surface area contributed by atoms with Gasteiger partial charge in [-0.25, -0.2) is 8.42 Å². The number of amides is 2. The average molecular weight is 389 g/mol. The first-order valence-corrected chi connectivity index (χ1v) is 9.70. The van der Waals surface area contributed by atoms with E-state index >= 15 is 0 Å². The molecule has 0 aliphatic heterocycles. The SMILES string of the molecule is Cc1ccc(S(=O)(=O)N(C)CC(=O)Nc2cccc(C(=O)N(C)C)c2)cc1. The van der Waals surface area contributed by atoms with Crippen LogP contribution >= 0.6 is 0 Å². The van der Waals surface area contributed by atoms with Crippen molar-refractivity contribution in [3.8, 4) is 0 Å². The fraction of sp³-hybridized carbons (Fsp3) is 0.263. The maximum absolute atomic E-state index is 12.5. The Labute approximate surface area is 159 Å². The standard InChI is InChI=1S/C19H23N3O4S/c1-14-8-10-17(11-9-14)27(25,26)22(4)13-18(23)20-16-7-5-6-15(12-16)19(24)21(2)3/h5-12H,13H2,1-4H3,(H,20,23). The normalized spacial score (nSPS) is 11.3. The number of sulfonamides is 1. The van der Waals surface area contributed by atoms with E-state index in [-0.39, 0.29) is 17.3 Å². The molecular formula is C19H23N3O4S. The summed E-state index contributed by atoms with van der Waals surface area (Å²) in [6.45, 7) is 1.52. The molecule has 0 heterocycles. The van der Waals surface area contributed by atoms with Crippen LogP contribution < -0.4 is 5.32 Å². The smallest absolute Gasteiger partial charge is 0.253 e. The highest BCUT2D eigenvalue weighted by Gasteiger charge is 2.23. The van der Waals surface area contributed by atoms with Crippen molar-refractivity contribution >= 4 is 27.5 Å². The highest BCUT2D eigenvalue weighted by Crippen LogP contribution is 2.16. The van der Waals surface area contributed by atoms with Crippen LogP contribution in [0.15, 0.2) is 53.4 Å². The van der Waals surface area contributed by atoms with Gasteiger partial charge in [0.15, 0.2) is 0 Å². The summed E-state index contributed by atoms with van der Waals surface area (Å²) in [6, 6.07) is 12.9. The molecule has 144 valence electrons. The lowest BCUT2D eigenvalue weighted by Crippen LogP contribution is -2.35. The number of likely N-dealkylation sites (N-methyl/N-ethyl adjacent to an activating group) is 1. The van der Waals surface area contributed by atoms with Crippen LogP contribution in [0.3, 0.4) is 0 Å². The molecule has 0 unspecified atom stereocenters. The van der Waals surface area contributed by atoms with Gasteiger partial charge in [-0.05, 0) is 37.3 Å². The molecule has 27 heavy (non-hydrogen) atoms. The molecule has 0 aromatic heterocycles. The molecule has 0 fully saturated rings. The number of nitrogens with one attached hydrogen (secondary N) is 1. The van der Waals surface area contributed by atoms with E-state index in [1.165, 1.54) is 24.1 Å². The Morgan fingerprint density at radius 3 is 2.22 bits per heavy atom. The Hall–Kier alpha value is -2.71. The Morgan fingerprint density at radius 2 is 1.63 bits per heavy atom. The van der Waals surface area contributed by atoms with Gasteiger partial charge < -0.3 is 10.2 Å². The molecule has 0 atom stereocenters. The van der Waals surface area contributed by atoms with Gasteiger partial charge in [0, 0.05) is 32.4 Å². The van der Waals surface area contributed by atoms with Gasteiger partial charge in [-0.2, -0.15) is 4.31 Å². The maximum atomic E-state index is 12.5. The molecule has 0 aliphatic carbocycles. The van der Waals surface area contributed by atoms with Crippen molar-refractivity contribution in [1.29, 1.82) is 0 Å². The number of rotatable bonds is 6. The summed E-state index contributed by atoms with van der Waals surface area (Å²) in [5, 5.41) is 2.62. The number of benzene rings is 2. The summed E-state index contributed by atoms with van der Waals surface area (Å²) in [7, 11) is 0.859. The third-order valence-electron chi connectivity index (χ3n) is 3.89. The molecule has 0 saturated heterocycles. The third kappa shape index (κ3) is 5.15. The minimum absolute atomic E-state index is 0.127. The number of nitrogens with zero attached hydrogens (tertiary/aromatic N) is 2. The van der Waals surface area contributed by atoms with Crippen LogP contribution in [0.2, 0.25) is 0 Å². The highest BCUT2D eigenvalue weighted by molar-refractivity contribution is 7.89. The fourth-order valence-electron chi connectivity index (χ4n) is 2.37. The molecule has 0 aliphatic rings. The fourth-order valence-corrected chi connectivity index (χ4v) is 3.49. The van der Waals surface area contributed by atoms with Crippen molar-refractivity contribution in [3.05, 3.63) is 59.7 Å². The van der Waals surface area contributed by atoms with Gasteiger partial charge in [0.2, 0.25) is 15.9 Å². The van der Waals surface area contributed by atoms with Crippen LogP contribution in [0.5, 0.6) is 0 Å². The molecule has 2 amide bonds. The van der Waals surface area contributed by atoms with Crippen molar-refractivity contribution in [1.82, 2.24) is 9.21 Å². The number of aryl methyl sites for hydroxylation is 1. The summed E-state index contributed by atoms with van der Waals surface area (Å²) < 4.78 is 26.1. The lowest BCUT2D eigenvalue weighted by molar-refractivity contribution is -0.116. The lowest BCUT2D eigenvalue weighted by atomic mass is 10.2. The van der Waals surface area contributed by atoms with E-state index in [2.05, 4.69) is 5.32 Å². The average Bonchev–Trinajstić information content (AvgIpc) is 2.61. The summed E-state index contributed by atoms with van der Waals surface area (Å²) in [5.74, 6) is -0.687. The second-order valence-electron chi connectivity index (χ2n) is 6.40. The van der Waals surface area contributed by atoms with E-state index in [9.17, 15) is 18.0 Å². The number of carbonyl (C=O) groups excluding carboxylic acids is 2. The van der Waals surface area contributed by atoms with Crippen molar-refractivity contribution in [2.75, 3.05) is 33.0 Å². The minimum Gasteiger partial charge on any atom is -0.345 e. The van der Waals surface area contributed by atoms with Crippen LogP contribution in [0.4, 0.5) is 5.69 Å². The van der Waals surface area contributed by atoms with Crippen molar-refractivity contribution in [2.45, 2.75) is 11.8 Å². The second kappa shape index (κ2) is 8.32. The zero-order valence-corrected chi connectivity index (χ0v) is 16.6. The summed E-state index contributed by atoms with van der Waals surface area (Å²) in [5.41, 5.74) is 1.80. The molecule has 2 aromatic rings. The largest absolute Gasteiger partial charge is 0.345 e. The van der Waals surface area contributed by atoms with Gasteiger partial charge >= 0.3 is 0 Å². The number of hydrogen-bond donors (Lipinski definition) is 1. The predicted molar refractivity (Wildman–Crippen MR) is 104 cm³/mol. The Kier molecular flexibility index (Phi) is 6.35. The van der Waals surface area contributed by atoms with Gasteiger partial charge in [0.25, 0.3) is 5.91 Å². The molecule has 7 nitrogen and oxygen atoms in total. The molecule has 1 N–H and O–H groups in total. The van der Waals surface area contributed by atoms with Crippen LogP contribution in [-0.4, -0.2) is 57.1 Å². The van der Waals surface area contributed by atoms with E-state index in [1.54, 1.807) is 50.5 Å². The Bertz CT molecular complexity index is 938. The first kappa shape index (κ1) is 20.6. The summed E-state index contributed by atoms with van der Waals surface area (Å²) in [6.07, 6.45) is 0. The molecule has 0 saturated carbocycles. The van der Waals surface area contributed by atoms with E-state index < -0.39 is 15.9 Å². The van der Waals surface area contributed by atoms with E-state index in [0.717, 1.165) is 9.87 Å². The van der Waals surface area contributed by atoms with Crippen LogP contribution in [0.1, 0.15) is 15.9 Å². The van der Waals surface area contributed by atoms with Crippen molar-refractivity contribution in [2.24, 2.45) is 0 Å². The molecule has 2 rings (SSSR count). The minimum atomic E-state index is -3.76. The first-order valence-electron chi connectivity index (χ1n) is 8.26. The van der Waals surface area contributed by atoms with E-state index in [1.807, 2.05) is 6.92 Å². The molecular weight excluding hydrogens is 366 g/mol. The monoisotopic (exact) mass is 389 g/mol. The van der Waals surface area contributed by atoms with Crippen molar-refractivity contribution < 1.29 is 18.0 Å². The molecule has 8 heteroatoms. The number of anilines is 1. The summed E-state index contributed by atoms with van der Waals surface area (Å²) in [4.78, 5) is 25.8. The lowest BCUT2D eigenvalue weighted by Gasteiger charge is -2.17. The second-order valence-corrected chi connectivity index (χ2v) is 8.45. The topological polar surface area (TPSA) is 86.8 Å². The van der Waals surface area contributed by atoms with Gasteiger partial charge in [-0.3, -0.25) is 9.59 Å². The number of hydrogen-bond acceptors (Lipinski definition) is 4. The van der Waals surface area contributed by atoms with Crippen LogP contribution in [-0.2, 0) is 14.8 Å². The third-order valence-corrected chi connectivity index (χ3v) is 5.71. The van der Waals surface area contributed by atoms with Crippen LogP contribution in [0, 0.1) is 6.92 Å². The van der Waals surface area contributed by atoms with Crippen LogP contribution in [0.25, 0.3) is 0 Å². The molecule has 2 aromatic carbocycles. The first-order chi connectivity index (χ1) is 12.6. The summed E-state index contributed by atoms with van der Waals surface area (Å²) >= 11 is 0. The molecule has 0 bridgehead atoms. The maximum Gasteiger partial charge on any atom is 0.253 e. The van der Waals surface area contributed by atoms with Gasteiger partial charge in [-0.15, -0.1) is 0 Å². The molecule has 0 radical (unpaired) electrons. The molecule has 0 spiro atoms. The van der Waals surface area contributed by atoms with Gasteiger partial charge in [0.05, 0.1) is 11.4 Å². The van der Waals surface area contributed by atoms with Gasteiger partial charge in [0.1, 0.15) is 0 Å². The van der Waals surface area contributed by atoms with E-state index in [0.29, 0.717) is 11.3 Å². The Morgan fingerprint density at radius 1 is 1.00 bits per heavy atom. The van der Waals surface area contributed by atoms with Crippen molar-refractivity contribution in [3.63, 3.8) is 0 Å². The zero-order valence-electron chi connectivity index (χ0n) is 15.8.